The summed E-state index contributed by atoms with van der Waals surface area (Å²) in [4.78, 5) is 13.8. The lowest BCUT2D eigenvalue weighted by Gasteiger charge is -2.32. The Balaban J connectivity index is 2.01. The standard InChI is InChI=1S/C20H23NO4/c1-24-16-9-5-14(6-10-16)19(15-7-11-17(25-2)12-8-15)21-13-3-4-18(21)20(22)23/h5-12,18-19H,3-4,13H2,1-2H3,(H,22,23). The van der Waals surface area contributed by atoms with Crippen LogP contribution < -0.4 is 9.47 Å². The molecule has 1 atom stereocenters. The maximum absolute atomic E-state index is 11.7. The van der Waals surface area contributed by atoms with Gasteiger partial charge in [0.2, 0.25) is 0 Å². The summed E-state index contributed by atoms with van der Waals surface area (Å²) in [5.74, 6) is 0.811. The fraction of sp³-hybridized carbons (Fsp3) is 0.350. The van der Waals surface area contributed by atoms with E-state index in [0.717, 1.165) is 35.6 Å². The fourth-order valence-electron chi connectivity index (χ4n) is 3.51. The zero-order chi connectivity index (χ0) is 17.8. The van der Waals surface area contributed by atoms with Crippen LogP contribution in [-0.4, -0.2) is 42.8 Å². The third-order valence-electron chi connectivity index (χ3n) is 4.77. The van der Waals surface area contributed by atoms with E-state index in [1.54, 1.807) is 14.2 Å². The molecule has 1 aliphatic heterocycles. The molecule has 0 spiro atoms. The van der Waals surface area contributed by atoms with Gasteiger partial charge in [-0.25, -0.2) is 0 Å². The van der Waals surface area contributed by atoms with Gasteiger partial charge in [-0.3, -0.25) is 9.69 Å². The van der Waals surface area contributed by atoms with Gasteiger partial charge in [0.05, 0.1) is 20.3 Å². The van der Waals surface area contributed by atoms with Crippen molar-refractivity contribution in [3.63, 3.8) is 0 Å². The van der Waals surface area contributed by atoms with Crippen LogP contribution in [0.5, 0.6) is 11.5 Å². The zero-order valence-electron chi connectivity index (χ0n) is 14.5. The SMILES string of the molecule is COc1ccc(C(c2ccc(OC)cc2)N2CCCC2C(=O)O)cc1. The van der Waals surface area contributed by atoms with Gasteiger partial charge in [-0.1, -0.05) is 24.3 Å². The first kappa shape index (κ1) is 17.3. The molecule has 25 heavy (non-hydrogen) atoms. The number of carboxylic acids is 1. The Hall–Kier alpha value is -2.53. The Morgan fingerprint density at radius 2 is 1.48 bits per heavy atom. The molecule has 5 nitrogen and oxygen atoms in total. The first-order valence-corrected chi connectivity index (χ1v) is 8.40. The van der Waals surface area contributed by atoms with Crippen LogP contribution in [0.1, 0.15) is 30.0 Å². The minimum absolute atomic E-state index is 0.111. The molecule has 0 aromatic heterocycles. The van der Waals surface area contributed by atoms with E-state index in [1.807, 2.05) is 48.5 Å². The molecular weight excluding hydrogens is 318 g/mol. The summed E-state index contributed by atoms with van der Waals surface area (Å²) in [6.07, 6.45) is 1.57. The topological polar surface area (TPSA) is 59.0 Å². The number of hydrogen-bond donors (Lipinski definition) is 1. The van der Waals surface area contributed by atoms with Crippen LogP contribution in [0.4, 0.5) is 0 Å². The molecule has 0 saturated carbocycles. The van der Waals surface area contributed by atoms with E-state index in [4.69, 9.17) is 9.47 Å². The van der Waals surface area contributed by atoms with Crippen molar-refractivity contribution in [2.75, 3.05) is 20.8 Å². The van der Waals surface area contributed by atoms with Gasteiger partial charge in [0.25, 0.3) is 0 Å². The number of likely N-dealkylation sites (tertiary alicyclic amines) is 1. The van der Waals surface area contributed by atoms with E-state index in [-0.39, 0.29) is 6.04 Å². The number of aliphatic carboxylic acids is 1. The van der Waals surface area contributed by atoms with Gasteiger partial charge in [-0.15, -0.1) is 0 Å². The summed E-state index contributed by atoms with van der Waals surface area (Å²) in [5, 5.41) is 9.61. The van der Waals surface area contributed by atoms with Crippen LogP contribution in [0.25, 0.3) is 0 Å². The number of carboxylic acid groups (broad SMARTS) is 1. The molecule has 2 aromatic rings. The summed E-state index contributed by atoms with van der Waals surface area (Å²) in [7, 11) is 3.27. The normalized spacial score (nSPS) is 17.6. The summed E-state index contributed by atoms with van der Waals surface area (Å²) >= 11 is 0. The number of nitrogens with zero attached hydrogens (tertiary/aromatic N) is 1. The van der Waals surface area contributed by atoms with Crippen molar-refractivity contribution in [1.82, 2.24) is 4.90 Å². The largest absolute Gasteiger partial charge is 0.497 e. The molecule has 2 aromatic carbocycles. The molecule has 1 fully saturated rings. The monoisotopic (exact) mass is 341 g/mol. The van der Waals surface area contributed by atoms with Gasteiger partial charge in [0.15, 0.2) is 0 Å². The highest BCUT2D eigenvalue weighted by atomic mass is 16.5. The van der Waals surface area contributed by atoms with Crippen molar-refractivity contribution in [2.45, 2.75) is 24.9 Å². The molecule has 0 bridgehead atoms. The third-order valence-corrected chi connectivity index (χ3v) is 4.77. The molecule has 1 unspecified atom stereocenters. The highest BCUT2D eigenvalue weighted by molar-refractivity contribution is 5.74. The second kappa shape index (κ2) is 7.57. The summed E-state index contributed by atoms with van der Waals surface area (Å²) < 4.78 is 10.5. The minimum atomic E-state index is -0.760. The van der Waals surface area contributed by atoms with Crippen molar-refractivity contribution < 1.29 is 19.4 Å². The first-order valence-electron chi connectivity index (χ1n) is 8.40. The van der Waals surface area contributed by atoms with Crippen molar-refractivity contribution >= 4 is 5.97 Å². The number of hydrogen-bond acceptors (Lipinski definition) is 4. The van der Waals surface area contributed by atoms with Crippen molar-refractivity contribution in [3.8, 4) is 11.5 Å². The van der Waals surface area contributed by atoms with Crippen molar-refractivity contribution in [3.05, 3.63) is 59.7 Å². The zero-order valence-corrected chi connectivity index (χ0v) is 14.5. The average molecular weight is 341 g/mol. The molecule has 5 heteroatoms. The first-order chi connectivity index (χ1) is 12.1. The van der Waals surface area contributed by atoms with Gasteiger partial charge in [0, 0.05) is 6.54 Å². The van der Waals surface area contributed by atoms with E-state index >= 15 is 0 Å². The van der Waals surface area contributed by atoms with E-state index in [1.165, 1.54) is 0 Å². The van der Waals surface area contributed by atoms with E-state index in [9.17, 15) is 9.90 Å². The van der Waals surface area contributed by atoms with Crippen LogP contribution in [0.15, 0.2) is 48.5 Å². The smallest absolute Gasteiger partial charge is 0.320 e. The summed E-state index contributed by atoms with van der Waals surface area (Å²) in [5.41, 5.74) is 2.11. The maximum atomic E-state index is 11.7. The quantitative estimate of drug-likeness (QED) is 0.873. The van der Waals surface area contributed by atoms with Crippen LogP contribution >= 0.6 is 0 Å². The molecule has 0 amide bonds. The van der Waals surface area contributed by atoms with Gasteiger partial charge in [-0.05, 0) is 48.2 Å². The number of carbonyl (C=O) groups is 1. The predicted molar refractivity (Wildman–Crippen MR) is 95.2 cm³/mol. The van der Waals surface area contributed by atoms with Gasteiger partial charge >= 0.3 is 5.97 Å². The highest BCUT2D eigenvalue weighted by Crippen LogP contribution is 2.36. The Bertz CT molecular complexity index is 664. The maximum Gasteiger partial charge on any atom is 0.320 e. The Labute approximate surface area is 147 Å². The van der Waals surface area contributed by atoms with Gasteiger partial charge in [-0.2, -0.15) is 0 Å². The molecule has 1 heterocycles. The molecule has 1 N–H and O–H groups in total. The molecule has 0 radical (unpaired) electrons. The highest BCUT2D eigenvalue weighted by Gasteiger charge is 2.36. The number of methoxy groups -OCH3 is 2. The lowest BCUT2D eigenvalue weighted by atomic mass is 9.96. The number of rotatable bonds is 6. The van der Waals surface area contributed by atoms with Crippen LogP contribution in [0.2, 0.25) is 0 Å². The third kappa shape index (κ3) is 3.61. The van der Waals surface area contributed by atoms with Crippen molar-refractivity contribution in [2.24, 2.45) is 0 Å². The van der Waals surface area contributed by atoms with E-state index < -0.39 is 12.0 Å². The second-order valence-electron chi connectivity index (χ2n) is 6.18. The lowest BCUT2D eigenvalue weighted by Crippen LogP contribution is -2.39. The van der Waals surface area contributed by atoms with E-state index in [2.05, 4.69) is 4.90 Å². The van der Waals surface area contributed by atoms with Crippen LogP contribution in [0.3, 0.4) is 0 Å². The predicted octanol–water partition coefficient (Wildman–Crippen LogP) is 3.34. The van der Waals surface area contributed by atoms with Crippen molar-refractivity contribution in [1.29, 1.82) is 0 Å². The molecule has 132 valence electrons. The van der Waals surface area contributed by atoms with Crippen LogP contribution in [0, 0.1) is 0 Å². The number of ether oxygens (including phenoxy) is 2. The molecular formula is C20H23NO4. The Kier molecular flexibility index (Phi) is 5.24. The van der Waals surface area contributed by atoms with Gasteiger partial charge < -0.3 is 14.6 Å². The summed E-state index contributed by atoms with van der Waals surface area (Å²) in [6, 6.07) is 15.1. The lowest BCUT2D eigenvalue weighted by molar-refractivity contribution is -0.142. The number of benzene rings is 2. The van der Waals surface area contributed by atoms with Crippen LogP contribution in [-0.2, 0) is 4.79 Å². The fourth-order valence-corrected chi connectivity index (χ4v) is 3.51. The average Bonchev–Trinajstić information content (AvgIpc) is 3.13. The Morgan fingerprint density at radius 1 is 1.00 bits per heavy atom. The summed E-state index contributed by atoms with van der Waals surface area (Å²) in [6.45, 7) is 0.764. The van der Waals surface area contributed by atoms with E-state index in [0.29, 0.717) is 6.42 Å². The molecule has 0 aliphatic carbocycles. The second-order valence-corrected chi connectivity index (χ2v) is 6.18. The molecule has 3 rings (SSSR count). The molecule has 1 aliphatic rings. The Morgan fingerprint density at radius 3 is 1.88 bits per heavy atom. The minimum Gasteiger partial charge on any atom is -0.497 e. The van der Waals surface area contributed by atoms with Gasteiger partial charge in [0.1, 0.15) is 17.5 Å². The molecule has 1 saturated heterocycles.